The number of amides is 1. The Hall–Kier alpha value is -1.56. The highest BCUT2D eigenvalue weighted by atomic mass is 32.1. The van der Waals surface area contributed by atoms with E-state index in [0.717, 1.165) is 11.3 Å². The topological polar surface area (TPSA) is 75.6 Å². The number of anilines is 1. The fraction of sp³-hybridized carbons (Fsp3) is 0.333. The Morgan fingerprint density at radius 2 is 2.27 bits per heavy atom. The molecule has 2 heterocycles. The van der Waals surface area contributed by atoms with Crippen LogP contribution in [-0.2, 0) is 4.79 Å². The van der Waals surface area contributed by atoms with Crippen molar-refractivity contribution in [3.63, 3.8) is 0 Å². The molecule has 0 bridgehead atoms. The number of hydrogen-bond acceptors (Lipinski definition) is 4. The summed E-state index contributed by atoms with van der Waals surface area (Å²) in [6, 6.07) is 0. The fourth-order valence-electron chi connectivity index (χ4n) is 1.28. The number of hydrogen-bond donors (Lipinski definition) is 2. The first kappa shape index (κ1) is 9.97. The summed E-state index contributed by atoms with van der Waals surface area (Å²) in [5.74, 6) is -0.984. The van der Waals surface area contributed by atoms with Gasteiger partial charge < -0.3 is 15.2 Å². The van der Waals surface area contributed by atoms with E-state index in [1.807, 2.05) is 0 Å². The maximum Gasteiger partial charge on any atom is 0.348 e. The van der Waals surface area contributed by atoms with Crippen LogP contribution in [0.25, 0.3) is 0 Å². The van der Waals surface area contributed by atoms with Crippen LogP contribution in [-0.4, -0.2) is 22.6 Å². The second-order valence-corrected chi connectivity index (χ2v) is 4.56. The van der Waals surface area contributed by atoms with Crippen molar-refractivity contribution in [2.45, 2.75) is 19.4 Å². The van der Waals surface area contributed by atoms with Gasteiger partial charge >= 0.3 is 5.97 Å². The van der Waals surface area contributed by atoms with Crippen molar-refractivity contribution in [1.29, 1.82) is 0 Å². The molecule has 0 unspecified atom stereocenters. The third kappa shape index (κ3) is 1.46. The van der Waals surface area contributed by atoms with Crippen molar-refractivity contribution in [2.75, 3.05) is 5.32 Å². The van der Waals surface area contributed by atoms with E-state index in [2.05, 4.69) is 5.32 Å². The maximum absolute atomic E-state index is 11.5. The van der Waals surface area contributed by atoms with Crippen molar-refractivity contribution in [3.05, 3.63) is 10.3 Å². The number of carboxylic acids is 1. The summed E-state index contributed by atoms with van der Waals surface area (Å²) >= 11 is 1.04. The van der Waals surface area contributed by atoms with E-state index in [4.69, 9.17) is 9.84 Å². The van der Waals surface area contributed by atoms with Crippen LogP contribution < -0.4 is 10.1 Å². The predicted molar refractivity (Wildman–Crippen MR) is 54.6 cm³/mol. The molecule has 0 atom stereocenters. The number of carboxylic acid groups (broad SMARTS) is 1. The van der Waals surface area contributed by atoms with E-state index in [1.54, 1.807) is 19.2 Å². The monoisotopic (exact) mass is 227 g/mol. The van der Waals surface area contributed by atoms with E-state index in [9.17, 15) is 9.59 Å². The minimum absolute atomic E-state index is 0.0915. The lowest BCUT2D eigenvalue weighted by molar-refractivity contribution is -0.129. The van der Waals surface area contributed by atoms with Gasteiger partial charge in [0, 0.05) is 5.38 Å². The van der Waals surface area contributed by atoms with Crippen molar-refractivity contribution < 1.29 is 19.4 Å². The quantitative estimate of drug-likeness (QED) is 0.763. The lowest BCUT2D eigenvalue weighted by Crippen LogP contribution is -2.45. The first-order valence-electron chi connectivity index (χ1n) is 4.27. The van der Waals surface area contributed by atoms with E-state index >= 15 is 0 Å². The molecule has 1 aliphatic rings. The fourth-order valence-corrected chi connectivity index (χ4v) is 2.04. The van der Waals surface area contributed by atoms with Gasteiger partial charge in [0.15, 0.2) is 11.4 Å². The van der Waals surface area contributed by atoms with Gasteiger partial charge in [-0.15, -0.1) is 11.3 Å². The number of thiophene rings is 1. The summed E-state index contributed by atoms with van der Waals surface area (Å²) in [6.07, 6.45) is 0. The summed E-state index contributed by atoms with van der Waals surface area (Å²) < 4.78 is 5.40. The van der Waals surface area contributed by atoms with Crippen LogP contribution in [0, 0.1) is 0 Å². The Labute approximate surface area is 89.7 Å². The minimum atomic E-state index is -1.06. The normalized spacial score (nSPS) is 17.6. The lowest BCUT2D eigenvalue weighted by Gasteiger charge is -2.29. The minimum Gasteiger partial charge on any atom is -0.477 e. The Morgan fingerprint density at radius 3 is 2.87 bits per heavy atom. The Morgan fingerprint density at radius 1 is 1.60 bits per heavy atom. The zero-order chi connectivity index (χ0) is 11.2. The van der Waals surface area contributed by atoms with Gasteiger partial charge in [0.1, 0.15) is 10.6 Å². The molecule has 2 N–H and O–H groups in total. The summed E-state index contributed by atoms with van der Waals surface area (Å²) in [4.78, 5) is 22.4. The zero-order valence-corrected chi connectivity index (χ0v) is 8.97. The van der Waals surface area contributed by atoms with E-state index in [-0.39, 0.29) is 16.5 Å². The highest BCUT2D eigenvalue weighted by molar-refractivity contribution is 7.13. The van der Waals surface area contributed by atoms with Gasteiger partial charge in [-0.2, -0.15) is 0 Å². The molecule has 1 aromatic heterocycles. The van der Waals surface area contributed by atoms with Crippen molar-refractivity contribution in [2.24, 2.45) is 0 Å². The largest absolute Gasteiger partial charge is 0.477 e. The molecule has 80 valence electrons. The van der Waals surface area contributed by atoms with Crippen LogP contribution in [0.2, 0.25) is 0 Å². The molecule has 15 heavy (non-hydrogen) atoms. The molecule has 1 amide bonds. The number of rotatable bonds is 1. The van der Waals surface area contributed by atoms with Gasteiger partial charge in [0.05, 0.1) is 0 Å². The van der Waals surface area contributed by atoms with Gasteiger partial charge in [-0.25, -0.2) is 4.79 Å². The molecular weight excluding hydrogens is 218 g/mol. The van der Waals surface area contributed by atoms with Gasteiger partial charge in [0.2, 0.25) is 0 Å². The third-order valence-electron chi connectivity index (χ3n) is 2.10. The van der Waals surface area contributed by atoms with Crippen LogP contribution in [0.4, 0.5) is 5.69 Å². The van der Waals surface area contributed by atoms with E-state index in [0.29, 0.717) is 5.75 Å². The number of nitrogens with one attached hydrogen (secondary N) is 1. The van der Waals surface area contributed by atoms with Crippen LogP contribution in [0.1, 0.15) is 23.5 Å². The molecule has 0 saturated carbocycles. The molecule has 1 aromatic rings. The van der Waals surface area contributed by atoms with Crippen LogP contribution in [0.3, 0.4) is 0 Å². The lowest BCUT2D eigenvalue weighted by atomic mass is 10.1. The van der Waals surface area contributed by atoms with E-state index < -0.39 is 11.6 Å². The van der Waals surface area contributed by atoms with Crippen molar-refractivity contribution in [1.82, 2.24) is 0 Å². The van der Waals surface area contributed by atoms with Crippen LogP contribution >= 0.6 is 11.3 Å². The molecule has 5 nitrogen and oxygen atoms in total. The van der Waals surface area contributed by atoms with Gasteiger partial charge in [0.25, 0.3) is 5.91 Å². The molecule has 0 spiro atoms. The standard InChI is InChI=1S/C9H9NO4S/c1-9(2)8(13)10-5-4(14-9)3-15-6(5)7(11)12/h3H,1-2H3,(H,10,13)(H,11,12). The average Bonchev–Trinajstić information content (AvgIpc) is 2.47. The third-order valence-corrected chi connectivity index (χ3v) is 3.05. The van der Waals surface area contributed by atoms with Crippen LogP contribution in [0.5, 0.6) is 5.75 Å². The number of fused-ring (bicyclic) bond motifs is 1. The van der Waals surface area contributed by atoms with E-state index in [1.165, 1.54) is 0 Å². The van der Waals surface area contributed by atoms with Gasteiger partial charge in [-0.05, 0) is 13.8 Å². The van der Waals surface area contributed by atoms with Gasteiger partial charge in [-0.1, -0.05) is 0 Å². The smallest absolute Gasteiger partial charge is 0.348 e. The Balaban J connectivity index is 2.48. The Kier molecular flexibility index (Phi) is 1.97. The summed E-state index contributed by atoms with van der Waals surface area (Å²) in [6.45, 7) is 3.26. The maximum atomic E-state index is 11.5. The summed E-state index contributed by atoms with van der Waals surface area (Å²) in [5, 5.41) is 13.0. The summed E-state index contributed by atoms with van der Waals surface area (Å²) in [5.41, 5.74) is -0.694. The highest BCUT2D eigenvalue weighted by Crippen LogP contribution is 2.40. The zero-order valence-electron chi connectivity index (χ0n) is 8.16. The second-order valence-electron chi connectivity index (χ2n) is 3.68. The predicted octanol–water partition coefficient (Wildman–Crippen LogP) is 1.56. The number of carbonyl (C=O) groups excluding carboxylic acids is 1. The number of aromatic carboxylic acids is 1. The molecule has 0 saturated heterocycles. The molecule has 0 aromatic carbocycles. The molecule has 1 aliphatic heterocycles. The first-order valence-corrected chi connectivity index (χ1v) is 5.15. The number of carbonyl (C=O) groups is 2. The highest BCUT2D eigenvalue weighted by Gasteiger charge is 2.38. The van der Waals surface area contributed by atoms with Gasteiger partial charge in [-0.3, -0.25) is 4.79 Å². The molecular formula is C9H9NO4S. The Bertz CT molecular complexity index is 449. The molecule has 0 aliphatic carbocycles. The SMILES string of the molecule is CC1(C)Oc2csc(C(=O)O)c2NC1=O. The first-order chi connectivity index (χ1) is 6.92. The van der Waals surface area contributed by atoms with Crippen LogP contribution in [0.15, 0.2) is 5.38 Å². The molecule has 6 heteroatoms. The molecule has 2 rings (SSSR count). The van der Waals surface area contributed by atoms with Crippen molar-refractivity contribution >= 4 is 28.9 Å². The summed E-state index contributed by atoms with van der Waals surface area (Å²) in [7, 11) is 0. The molecule has 0 fully saturated rings. The average molecular weight is 227 g/mol. The van der Waals surface area contributed by atoms with Crippen molar-refractivity contribution in [3.8, 4) is 5.75 Å². The second kappa shape index (κ2) is 2.96. The molecule has 0 radical (unpaired) electrons. The number of ether oxygens (including phenoxy) is 1.